The average molecular weight is 271 g/mol. The van der Waals surface area contributed by atoms with E-state index in [0.717, 1.165) is 36.0 Å². The van der Waals surface area contributed by atoms with Crippen LogP contribution in [0.5, 0.6) is 0 Å². The molecule has 0 saturated heterocycles. The highest BCUT2D eigenvalue weighted by molar-refractivity contribution is 9.10. The minimum absolute atomic E-state index is 0.102. The molecule has 2 rings (SSSR count). The Kier molecular flexibility index (Phi) is 3.59. The van der Waals surface area contributed by atoms with Gasteiger partial charge < -0.3 is 10.4 Å². The van der Waals surface area contributed by atoms with Crippen LogP contribution < -0.4 is 5.32 Å². The van der Waals surface area contributed by atoms with Crippen molar-refractivity contribution >= 4 is 21.7 Å². The van der Waals surface area contributed by atoms with Crippen LogP contribution in [0, 0.1) is 0 Å². The molecule has 1 fully saturated rings. The molecule has 0 atom stereocenters. The van der Waals surface area contributed by atoms with Gasteiger partial charge in [0.1, 0.15) is 5.82 Å². The van der Waals surface area contributed by atoms with E-state index in [2.05, 4.69) is 26.2 Å². The van der Waals surface area contributed by atoms with Gasteiger partial charge in [-0.25, -0.2) is 4.98 Å². The Morgan fingerprint density at radius 2 is 2.07 bits per heavy atom. The standard InChI is InChI=1S/C11H15BrN2O/c12-10-2-1-7-13-11(10)14-8-3-5-9(15)6-4-8/h1-2,7-9,15H,3-6H2,(H,13,14). The largest absolute Gasteiger partial charge is 0.393 e. The van der Waals surface area contributed by atoms with E-state index in [1.54, 1.807) is 6.20 Å². The summed E-state index contributed by atoms with van der Waals surface area (Å²) in [4.78, 5) is 4.27. The minimum atomic E-state index is -0.102. The number of aromatic nitrogens is 1. The maximum Gasteiger partial charge on any atom is 0.140 e. The van der Waals surface area contributed by atoms with E-state index < -0.39 is 0 Å². The van der Waals surface area contributed by atoms with Crippen LogP contribution in [0.4, 0.5) is 5.82 Å². The molecule has 1 aliphatic carbocycles. The number of pyridine rings is 1. The van der Waals surface area contributed by atoms with Crippen LogP contribution in [-0.4, -0.2) is 22.2 Å². The van der Waals surface area contributed by atoms with Gasteiger partial charge in [0.25, 0.3) is 0 Å². The number of nitrogens with one attached hydrogen (secondary N) is 1. The number of nitrogens with zero attached hydrogens (tertiary/aromatic N) is 1. The lowest BCUT2D eigenvalue weighted by Crippen LogP contribution is -2.28. The molecule has 0 aromatic carbocycles. The van der Waals surface area contributed by atoms with Crippen LogP contribution >= 0.6 is 15.9 Å². The second kappa shape index (κ2) is 4.94. The van der Waals surface area contributed by atoms with Gasteiger partial charge in [0.15, 0.2) is 0 Å². The van der Waals surface area contributed by atoms with Crippen LogP contribution in [0.3, 0.4) is 0 Å². The van der Waals surface area contributed by atoms with Crippen LogP contribution in [0.1, 0.15) is 25.7 Å². The lowest BCUT2D eigenvalue weighted by Gasteiger charge is -2.26. The zero-order chi connectivity index (χ0) is 10.7. The fourth-order valence-electron chi connectivity index (χ4n) is 1.91. The molecule has 0 radical (unpaired) electrons. The van der Waals surface area contributed by atoms with Gasteiger partial charge in [-0.3, -0.25) is 0 Å². The summed E-state index contributed by atoms with van der Waals surface area (Å²) in [6.45, 7) is 0. The minimum Gasteiger partial charge on any atom is -0.393 e. The first-order valence-electron chi connectivity index (χ1n) is 5.31. The first kappa shape index (κ1) is 10.9. The second-order valence-corrected chi connectivity index (χ2v) is 4.84. The van der Waals surface area contributed by atoms with Crippen molar-refractivity contribution in [3.05, 3.63) is 22.8 Å². The molecule has 1 heterocycles. The Morgan fingerprint density at radius 3 is 2.73 bits per heavy atom. The van der Waals surface area contributed by atoms with Crippen molar-refractivity contribution in [3.63, 3.8) is 0 Å². The molecule has 0 spiro atoms. The monoisotopic (exact) mass is 270 g/mol. The highest BCUT2D eigenvalue weighted by Gasteiger charge is 2.19. The van der Waals surface area contributed by atoms with E-state index in [1.807, 2.05) is 12.1 Å². The van der Waals surface area contributed by atoms with Gasteiger partial charge in [-0.2, -0.15) is 0 Å². The molecule has 3 nitrogen and oxygen atoms in total. The number of hydrogen-bond acceptors (Lipinski definition) is 3. The van der Waals surface area contributed by atoms with Gasteiger partial charge in [0.2, 0.25) is 0 Å². The number of aliphatic hydroxyl groups excluding tert-OH is 1. The first-order valence-corrected chi connectivity index (χ1v) is 6.10. The molecule has 0 bridgehead atoms. The fourth-order valence-corrected chi connectivity index (χ4v) is 2.27. The lowest BCUT2D eigenvalue weighted by molar-refractivity contribution is 0.126. The highest BCUT2D eigenvalue weighted by Crippen LogP contribution is 2.25. The molecule has 0 amide bonds. The molecule has 82 valence electrons. The van der Waals surface area contributed by atoms with Crippen molar-refractivity contribution < 1.29 is 5.11 Å². The Balaban J connectivity index is 1.95. The zero-order valence-corrected chi connectivity index (χ0v) is 10.1. The molecular formula is C11H15BrN2O. The van der Waals surface area contributed by atoms with Gasteiger partial charge in [-0.1, -0.05) is 0 Å². The molecule has 2 N–H and O–H groups in total. The van der Waals surface area contributed by atoms with E-state index in [9.17, 15) is 5.11 Å². The van der Waals surface area contributed by atoms with Gasteiger partial charge in [-0.15, -0.1) is 0 Å². The summed E-state index contributed by atoms with van der Waals surface area (Å²) in [6.07, 6.45) is 5.50. The second-order valence-electron chi connectivity index (χ2n) is 3.98. The number of hydrogen-bond donors (Lipinski definition) is 2. The molecular weight excluding hydrogens is 256 g/mol. The van der Waals surface area contributed by atoms with Crippen molar-refractivity contribution in [1.29, 1.82) is 0 Å². The summed E-state index contributed by atoms with van der Waals surface area (Å²) in [5.74, 6) is 0.902. The van der Waals surface area contributed by atoms with Crippen molar-refractivity contribution in [2.45, 2.75) is 37.8 Å². The number of aliphatic hydroxyl groups is 1. The average Bonchev–Trinajstić information content (AvgIpc) is 2.25. The maximum absolute atomic E-state index is 9.39. The van der Waals surface area contributed by atoms with E-state index in [-0.39, 0.29) is 6.10 Å². The van der Waals surface area contributed by atoms with E-state index >= 15 is 0 Å². The summed E-state index contributed by atoms with van der Waals surface area (Å²) in [7, 11) is 0. The molecule has 1 saturated carbocycles. The van der Waals surface area contributed by atoms with Crippen LogP contribution in [0.2, 0.25) is 0 Å². The summed E-state index contributed by atoms with van der Waals surface area (Å²) >= 11 is 3.46. The fraction of sp³-hybridized carbons (Fsp3) is 0.545. The summed E-state index contributed by atoms with van der Waals surface area (Å²) in [5.41, 5.74) is 0. The van der Waals surface area contributed by atoms with E-state index in [4.69, 9.17) is 0 Å². The molecule has 0 unspecified atom stereocenters. The Hall–Kier alpha value is -0.610. The lowest BCUT2D eigenvalue weighted by atomic mass is 9.93. The highest BCUT2D eigenvalue weighted by atomic mass is 79.9. The van der Waals surface area contributed by atoms with Crippen LogP contribution in [0.15, 0.2) is 22.8 Å². The predicted molar refractivity (Wildman–Crippen MR) is 63.8 cm³/mol. The van der Waals surface area contributed by atoms with Crippen LogP contribution in [-0.2, 0) is 0 Å². The molecule has 0 aliphatic heterocycles. The Labute approximate surface area is 98.0 Å². The smallest absolute Gasteiger partial charge is 0.140 e. The third kappa shape index (κ3) is 2.92. The predicted octanol–water partition coefficient (Wildman–Crippen LogP) is 2.56. The van der Waals surface area contributed by atoms with E-state index in [1.165, 1.54) is 0 Å². The number of rotatable bonds is 2. The number of anilines is 1. The van der Waals surface area contributed by atoms with Crippen molar-refractivity contribution in [2.75, 3.05) is 5.32 Å². The molecule has 1 aliphatic rings. The first-order chi connectivity index (χ1) is 7.25. The van der Waals surface area contributed by atoms with Gasteiger partial charge in [0.05, 0.1) is 10.6 Å². The van der Waals surface area contributed by atoms with Crippen molar-refractivity contribution in [1.82, 2.24) is 4.98 Å². The third-order valence-corrected chi connectivity index (χ3v) is 3.44. The SMILES string of the molecule is OC1CCC(Nc2ncccc2Br)CC1. The van der Waals surface area contributed by atoms with Crippen molar-refractivity contribution in [2.24, 2.45) is 0 Å². The zero-order valence-electron chi connectivity index (χ0n) is 8.49. The Bertz CT molecular complexity index is 324. The van der Waals surface area contributed by atoms with E-state index in [0.29, 0.717) is 6.04 Å². The van der Waals surface area contributed by atoms with Gasteiger partial charge in [-0.05, 0) is 53.7 Å². The summed E-state index contributed by atoms with van der Waals surface area (Å²) in [6, 6.07) is 4.33. The molecule has 4 heteroatoms. The topological polar surface area (TPSA) is 45.1 Å². The summed E-state index contributed by atoms with van der Waals surface area (Å²) < 4.78 is 0.996. The van der Waals surface area contributed by atoms with Crippen molar-refractivity contribution in [3.8, 4) is 0 Å². The van der Waals surface area contributed by atoms with Gasteiger partial charge >= 0.3 is 0 Å². The molecule has 1 aromatic heterocycles. The number of halogens is 1. The normalized spacial score (nSPS) is 26.3. The molecule has 15 heavy (non-hydrogen) atoms. The quantitative estimate of drug-likeness (QED) is 0.869. The Morgan fingerprint density at radius 1 is 1.33 bits per heavy atom. The summed E-state index contributed by atoms with van der Waals surface area (Å²) in [5, 5.41) is 12.8. The van der Waals surface area contributed by atoms with Gasteiger partial charge in [0, 0.05) is 12.2 Å². The molecule has 1 aromatic rings. The maximum atomic E-state index is 9.39. The van der Waals surface area contributed by atoms with Crippen LogP contribution in [0.25, 0.3) is 0 Å². The third-order valence-electron chi connectivity index (χ3n) is 2.80.